The fourth-order valence-corrected chi connectivity index (χ4v) is 26.1. The Balaban J connectivity index is 0.00000610. The van der Waals surface area contributed by atoms with Gasteiger partial charge in [0.2, 0.25) is 12.2 Å². The van der Waals surface area contributed by atoms with Crippen LogP contribution in [0.25, 0.3) is 0 Å². The molecule has 0 spiro atoms. The fraction of sp³-hybridized carbons (Fsp3) is 0.930. The Bertz CT molecular complexity index is 4430. The van der Waals surface area contributed by atoms with Gasteiger partial charge in [-0.3, -0.25) is 14.4 Å². The molecule has 4 saturated carbocycles. The summed E-state index contributed by atoms with van der Waals surface area (Å²) in [6.07, 6.45) is -62.0. The predicted molar refractivity (Wildman–Crippen MR) is 498 cm³/mol. The van der Waals surface area contributed by atoms with Gasteiger partial charge in [0.1, 0.15) is 157 Å². The second-order valence-corrected chi connectivity index (χ2v) is 46.2. The second kappa shape index (κ2) is 49.3. The highest BCUT2D eigenvalue weighted by Crippen LogP contribution is 2.76. The van der Waals surface area contributed by atoms with Crippen molar-refractivity contribution >= 4 is 30.1 Å². The van der Waals surface area contributed by atoms with Crippen molar-refractivity contribution in [3.8, 4) is 0 Å². The van der Waals surface area contributed by atoms with E-state index in [1.54, 1.807) is 13.8 Å². The van der Waals surface area contributed by atoms with Gasteiger partial charge >= 0.3 is 12.1 Å². The third-order valence-electron chi connectivity index (χ3n) is 36.1. The van der Waals surface area contributed by atoms with E-state index in [9.17, 15) is 132 Å². The molecule has 856 valence electrons. The van der Waals surface area contributed by atoms with Crippen molar-refractivity contribution in [1.29, 1.82) is 0 Å². The standard InChI is InChI=1S/C99H163NO46.CO2/c1-14-41(3)46(24-47(106)26-49(108)27-55(42(4)15-2)136-89-80(124)97(127,37-104)39-132-89)25-48(107)28-62(113)100-63-56(31-101)137-88(79(77(63)143-84-70(120)67(117)65(115)44(6)134-84)145-85-72(122)69(119)74(45(7)135-85)140-83-73(123)75(53(110)34-130-83)141-90-81(125)98(128,38-105)40-133-90)146-91(126)99-23-22-92(8,9)29-51(99)50-16-17-59-93(10)20-19-61(94(11,36-103)58(93)18-21-95(59,12)96(50,13)30-60(99)112)139-87-78(144-86-71(121)68(118)66(116)57(32-102)138-86)76(54(111)35-131-87)142-82-43(5)64(114)52(109)33-129-82;2-1-3/h16,36,41-46,48-49,51-61,63-90,101-102,104-105,107-112,114-125,127-128H,14-15,17-35,37-40H2,1-13H3,(H,100,113);/t41-,42-,43?,44?,45?,46+,48+,49-,51?,52-,53-,54-,55+,56?,57?,58-,59?,60?,61+,63+,64-,65+,66+,67+,68+,69?,70?,71?,72+,73-,74+,75?,76+,77?,78?,79-,80?,81?,82+,83+,84+,85+,86+,87+,88+,89+,90+,93?,94-,95+,96-,97-,98+,99-;/m1./s1. The average Bonchev–Trinajstić information content (AvgIpc) is 0.891. The third kappa shape index (κ3) is 24.3. The minimum absolute atomic E-state index is 0.0402. The van der Waals surface area contributed by atoms with Crippen molar-refractivity contribution in [2.45, 2.75) is 450 Å². The largest absolute Gasteiger partial charge is 0.432 e. The average molecular weight is 2150 g/mol. The van der Waals surface area contributed by atoms with Gasteiger partial charge < -0.3 is 218 Å². The van der Waals surface area contributed by atoms with Crippen LogP contribution in [0.2, 0.25) is 0 Å². The maximum absolute atomic E-state index is 16.9. The number of amides is 1. The first kappa shape index (κ1) is 122. The van der Waals surface area contributed by atoms with Crippen LogP contribution in [0.15, 0.2) is 11.6 Å². The van der Waals surface area contributed by atoms with Crippen LogP contribution in [0.5, 0.6) is 0 Å². The van der Waals surface area contributed by atoms with Gasteiger partial charge in [-0.2, -0.15) is 9.59 Å². The lowest BCUT2D eigenvalue weighted by Gasteiger charge is -2.71. The van der Waals surface area contributed by atoms with E-state index in [1.165, 1.54) is 13.8 Å². The number of Topliss-reactive ketones (excluding diaryl/α,β-unsaturated/α-hetero) is 1. The highest BCUT2D eigenvalue weighted by atomic mass is 16.8. The molecule has 149 heavy (non-hydrogen) atoms. The molecule has 1 amide bonds. The number of esters is 1. The Labute approximate surface area is 863 Å². The van der Waals surface area contributed by atoms with Crippen LogP contribution in [0, 0.1) is 73.9 Å². The smallest absolute Gasteiger partial charge is 0.373 e. The van der Waals surface area contributed by atoms with E-state index >= 15 is 9.59 Å². The highest BCUT2D eigenvalue weighted by Gasteiger charge is 2.74. The molecule has 0 bridgehead atoms. The molecule has 0 aromatic carbocycles. The summed E-state index contributed by atoms with van der Waals surface area (Å²) in [5.74, 6) is -6.21. The molecule has 14 aliphatic rings. The molecular weight excluding hydrogens is 1980 g/mol. The SMILES string of the molecule is CC[C@@H](C)[C@@H](CC(=O)C[C@@H](O)C[C@H](O[C@@H]1OC[C@](O)(CO)C1O)[C@H](C)CC)C[C@H](O)CC(=O)N[C@H]1C(CO)O[C@@H](OC(=O)[C@]23CCC(C)(C)CC2C2=CCC4C5(C)CC[C@H](O[C@@H]6OC[C@@H](O)[C@H](O[C@@H]7OC[C@@H](O)[C@H](O)C7C)C6O[C@@H]6OC(CO)[C@H](O)[C@H](O)C6O)[C@](C)(C=O)[C@@H]5CC[C@]4(C)[C@]2(C)CC3O)[C@H](O[C@@H]2OC(C)[C@H](O[C@@H]3OC[C@@H](O)C(O[C@@H]4OC[C@@](O)(CO)C4O)[C@H]3O)C(O)[C@@H]2O)C1O[C@@H]1OC(C)[C@H](O)[C@H](O)C1O.O=C=O. The van der Waals surface area contributed by atoms with Gasteiger partial charge in [-0.25, -0.2) is 0 Å². The minimum Gasteiger partial charge on any atom is -0.432 e. The summed E-state index contributed by atoms with van der Waals surface area (Å²) >= 11 is 0. The van der Waals surface area contributed by atoms with E-state index in [2.05, 4.69) is 32.2 Å². The van der Waals surface area contributed by atoms with Gasteiger partial charge in [-0.05, 0) is 135 Å². The summed E-state index contributed by atoms with van der Waals surface area (Å²) in [5.41, 5.74) is -9.62. The van der Waals surface area contributed by atoms with Crippen molar-refractivity contribution in [3.05, 3.63) is 11.6 Å². The summed E-state index contributed by atoms with van der Waals surface area (Å²) < 4.78 is 112. The highest BCUT2D eigenvalue weighted by molar-refractivity contribution is 5.81. The molecular formula is C100H163NO48. The molecule has 17 unspecified atom stereocenters. The van der Waals surface area contributed by atoms with Gasteiger partial charge in [0.15, 0.2) is 56.4 Å². The number of fused-ring (bicyclic) bond motifs is 7. The zero-order valence-electron chi connectivity index (χ0n) is 86.5. The van der Waals surface area contributed by atoms with E-state index in [0.29, 0.717) is 44.9 Å². The molecule has 14 rings (SSSR count). The number of aldehydes is 1. The Hall–Kier alpha value is -4.24. The van der Waals surface area contributed by atoms with Crippen molar-refractivity contribution in [3.63, 3.8) is 0 Å². The summed E-state index contributed by atoms with van der Waals surface area (Å²) in [6, 6.07) is -1.85. The van der Waals surface area contributed by atoms with Crippen molar-refractivity contribution in [2.75, 3.05) is 59.5 Å². The molecule has 49 nitrogen and oxygen atoms in total. The molecule has 0 radical (unpaired) electrons. The molecule has 49 heteroatoms. The van der Waals surface area contributed by atoms with Gasteiger partial charge in [-0.15, -0.1) is 0 Å². The van der Waals surface area contributed by atoms with Gasteiger partial charge in [-0.1, -0.05) is 101 Å². The molecule has 54 atom stereocenters. The molecule has 13 fully saturated rings. The maximum Gasteiger partial charge on any atom is 0.373 e. The summed E-state index contributed by atoms with van der Waals surface area (Å²) in [5, 5.41) is 274. The lowest BCUT2D eigenvalue weighted by molar-refractivity contribution is -0.386. The number of carbonyl (C=O) groups is 4. The topological polar surface area (TPSA) is 766 Å². The number of aliphatic hydroxyl groups excluding tert-OH is 22. The normalized spacial score (nSPS) is 48.5. The zero-order valence-corrected chi connectivity index (χ0v) is 86.5. The van der Waals surface area contributed by atoms with Gasteiger partial charge in [0, 0.05) is 25.2 Å². The first-order chi connectivity index (χ1) is 70.1. The summed E-state index contributed by atoms with van der Waals surface area (Å²) in [4.78, 5) is 77.0. The molecule has 0 aromatic rings. The number of hydrogen-bond donors (Lipinski definition) is 25. The first-order valence-corrected chi connectivity index (χ1v) is 52.3. The van der Waals surface area contributed by atoms with Crippen LogP contribution in [0.4, 0.5) is 0 Å². The monoisotopic (exact) mass is 2150 g/mol. The Morgan fingerprint density at radius 1 is 0.503 bits per heavy atom. The third-order valence-corrected chi connectivity index (χ3v) is 36.1. The second-order valence-electron chi connectivity index (χ2n) is 46.2. The van der Waals surface area contributed by atoms with Crippen LogP contribution in [0.1, 0.15) is 193 Å². The lowest BCUT2D eigenvalue weighted by Crippen LogP contribution is -2.71. The number of ketones is 1. The number of allylic oxidation sites excluding steroid dienone is 2. The number of carbonyl (C=O) groups excluding carboxylic acids is 6. The first-order valence-electron chi connectivity index (χ1n) is 52.3. The number of nitrogens with one attached hydrogen (secondary N) is 1. The van der Waals surface area contributed by atoms with E-state index in [4.69, 9.17) is 94.9 Å². The number of hydrogen-bond acceptors (Lipinski definition) is 48. The maximum atomic E-state index is 16.9. The van der Waals surface area contributed by atoms with Crippen LogP contribution < -0.4 is 5.32 Å². The van der Waals surface area contributed by atoms with E-state index in [1.807, 2.05) is 41.5 Å². The summed E-state index contributed by atoms with van der Waals surface area (Å²) in [6.45, 7) is 17.6. The predicted octanol–water partition coefficient (Wildman–Crippen LogP) is -6.38. The van der Waals surface area contributed by atoms with Gasteiger partial charge in [0.05, 0.1) is 126 Å². The Kier molecular flexibility index (Phi) is 40.3. The Morgan fingerprint density at radius 2 is 1.03 bits per heavy atom. The van der Waals surface area contributed by atoms with Crippen molar-refractivity contribution in [1.82, 2.24) is 5.32 Å². The molecule has 9 heterocycles. The molecule has 25 N–H and O–H groups in total. The lowest BCUT2D eigenvalue weighted by atomic mass is 9.33. The van der Waals surface area contributed by atoms with Crippen LogP contribution in [-0.2, 0) is 114 Å². The molecule has 9 aliphatic heterocycles. The number of aliphatic hydroxyl groups is 24. The summed E-state index contributed by atoms with van der Waals surface area (Å²) in [7, 11) is 0. The molecule has 5 aliphatic carbocycles. The number of ether oxygens (including phenoxy) is 18. The van der Waals surface area contributed by atoms with Crippen LogP contribution >= 0.6 is 0 Å². The number of rotatable bonds is 38. The fourth-order valence-electron chi connectivity index (χ4n) is 26.1. The zero-order chi connectivity index (χ0) is 110. The quantitative estimate of drug-likeness (QED) is 0.0118. The molecule has 9 saturated heterocycles. The molecule has 0 aromatic heterocycles. The van der Waals surface area contributed by atoms with E-state index in [-0.39, 0.29) is 81.9 Å². The van der Waals surface area contributed by atoms with Crippen molar-refractivity contribution in [2.24, 2.45) is 73.9 Å². The van der Waals surface area contributed by atoms with E-state index in [0.717, 1.165) is 11.9 Å². The van der Waals surface area contributed by atoms with Gasteiger partial charge in [0.25, 0.3) is 0 Å². The van der Waals surface area contributed by atoms with E-state index < -0.39 is 390 Å². The minimum atomic E-state index is -2.31. The van der Waals surface area contributed by atoms with Crippen LogP contribution in [0.3, 0.4) is 0 Å². The van der Waals surface area contributed by atoms with Crippen LogP contribution in [-0.4, -0.2) is 469 Å². The Morgan fingerprint density at radius 3 is 1.64 bits per heavy atom. The van der Waals surface area contributed by atoms with Crippen molar-refractivity contribution < 1.29 is 237 Å².